The third-order valence-electron chi connectivity index (χ3n) is 6.17. The quantitative estimate of drug-likeness (QED) is 0.603. The minimum absolute atomic E-state index is 0.0621. The van der Waals surface area contributed by atoms with Crippen LogP contribution in [0.5, 0.6) is 0 Å². The summed E-state index contributed by atoms with van der Waals surface area (Å²) >= 11 is 0. The molecule has 1 fully saturated rings. The normalized spacial score (nSPS) is 15.3. The molecule has 3 aromatic carbocycles. The molecule has 0 atom stereocenters. The lowest BCUT2D eigenvalue weighted by atomic mass is 10.1. The van der Waals surface area contributed by atoms with Gasteiger partial charge in [-0.3, -0.25) is 24.1 Å². The van der Waals surface area contributed by atoms with E-state index in [9.17, 15) is 19.2 Å². The lowest BCUT2D eigenvalue weighted by Gasteiger charge is -2.29. The third kappa shape index (κ3) is 4.63. The number of fused-ring (bicyclic) bond motifs is 1. The Morgan fingerprint density at radius 3 is 2.29 bits per heavy atom. The first-order valence-electron chi connectivity index (χ1n) is 11.5. The summed E-state index contributed by atoms with van der Waals surface area (Å²) in [5, 5.41) is 5.59. The van der Waals surface area contributed by atoms with E-state index in [4.69, 9.17) is 0 Å². The molecule has 2 aliphatic heterocycles. The molecule has 0 spiro atoms. The highest BCUT2D eigenvalue weighted by atomic mass is 16.2. The van der Waals surface area contributed by atoms with Gasteiger partial charge in [-0.1, -0.05) is 12.1 Å². The third-order valence-corrected chi connectivity index (χ3v) is 6.17. The number of benzene rings is 3. The van der Waals surface area contributed by atoms with Gasteiger partial charge in [0.2, 0.25) is 11.8 Å². The van der Waals surface area contributed by atoms with Crippen molar-refractivity contribution in [2.45, 2.75) is 19.3 Å². The van der Waals surface area contributed by atoms with Crippen molar-refractivity contribution >= 4 is 46.4 Å². The fourth-order valence-electron chi connectivity index (χ4n) is 4.34. The summed E-state index contributed by atoms with van der Waals surface area (Å²) < 4.78 is 0. The molecule has 2 heterocycles. The molecule has 35 heavy (non-hydrogen) atoms. The molecule has 0 bridgehead atoms. The maximum absolute atomic E-state index is 13.1. The van der Waals surface area contributed by atoms with Crippen LogP contribution in [0.4, 0.5) is 22.7 Å². The molecule has 3 aromatic rings. The maximum Gasteiger partial charge on any atom is 0.258 e. The predicted molar refractivity (Wildman–Crippen MR) is 134 cm³/mol. The van der Waals surface area contributed by atoms with Crippen LogP contribution in [0.3, 0.4) is 0 Å². The van der Waals surface area contributed by atoms with Gasteiger partial charge in [0.15, 0.2) is 0 Å². The summed E-state index contributed by atoms with van der Waals surface area (Å²) in [5.41, 5.74) is 3.44. The first-order valence-corrected chi connectivity index (χ1v) is 11.5. The van der Waals surface area contributed by atoms with Crippen LogP contribution in [0.15, 0.2) is 72.8 Å². The summed E-state index contributed by atoms with van der Waals surface area (Å²) in [6.07, 6.45) is 2.45. The fourth-order valence-corrected chi connectivity index (χ4v) is 4.34. The van der Waals surface area contributed by atoms with Gasteiger partial charge in [-0.05, 0) is 73.5 Å². The van der Waals surface area contributed by atoms with E-state index in [0.29, 0.717) is 41.2 Å². The van der Waals surface area contributed by atoms with E-state index in [1.807, 2.05) is 6.07 Å². The molecular formula is C27H24N4O4. The summed E-state index contributed by atoms with van der Waals surface area (Å²) in [4.78, 5) is 53.1. The van der Waals surface area contributed by atoms with Gasteiger partial charge >= 0.3 is 0 Å². The van der Waals surface area contributed by atoms with Crippen LogP contribution in [0.1, 0.15) is 40.0 Å². The second-order valence-corrected chi connectivity index (χ2v) is 8.54. The van der Waals surface area contributed by atoms with E-state index in [0.717, 1.165) is 18.5 Å². The molecule has 0 aromatic heterocycles. The van der Waals surface area contributed by atoms with Crippen molar-refractivity contribution < 1.29 is 19.2 Å². The number of amides is 4. The second kappa shape index (κ2) is 9.42. The van der Waals surface area contributed by atoms with Gasteiger partial charge in [0.25, 0.3) is 11.8 Å². The molecule has 0 radical (unpaired) electrons. The van der Waals surface area contributed by atoms with Crippen LogP contribution in [-0.4, -0.2) is 36.7 Å². The van der Waals surface area contributed by atoms with Gasteiger partial charge in [-0.15, -0.1) is 0 Å². The summed E-state index contributed by atoms with van der Waals surface area (Å²) in [7, 11) is 0. The Balaban J connectivity index is 1.26. The maximum atomic E-state index is 13.1. The lowest BCUT2D eigenvalue weighted by Crippen LogP contribution is -2.42. The first-order chi connectivity index (χ1) is 17.0. The van der Waals surface area contributed by atoms with Crippen LogP contribution in [0, 0.1) is 0 Å². The first kappa shape index (κ1) is 22.3. The molecule has 5 rings (SSSR count). The van der Waals surface area contributed by atoms with Crippen molar-refractivity contribution in [3.63, 3.8) is 0 Å². The Hall–Kier alpha value is -4.46. The molecule has 0 saturated carbocycles. The molecule has 2 N–H and O–H groups in total. The zero-order valence-corrected chi connectivity index (χ0v) is 19.0. The highest BCUT2D eigenvalue weighted by Crippen LogP contribution is 2.30. The molecule has 4 amide bonds. The number of anilines is 4. The van der Waals surface area contributed by atoms with Gasteiger partial charge < -0.3 is 15.5 Å². The molecule has 8 heteroatoms. The fraction of sp³-hybridized carbons (Fsp3) is 0.185. The van der Waals surface area contributed by atoms with Crippen LogP contribution in [0.2, 0.25) is 0 Å². The predicted octanol–water partition coefficient (Wildman–Crippen LogP) is 4.05. The lowest BCUT2D eigenvalue weighted by molar-refractivity contribution is -0.119. The number of rotatable bonds is 4. The number of hydrogen-bond acceptors (Lipinski definition) is 4. The van der Waals surface area contributed by atoms with Gasteiger partial charge in [0, 0.05) is 35.5 Å². The van der Waals surface area contributed by atoms with Crippen molar-refractivity contribution in [3.05, 3.63) is 83.9 Å². The number of hydrogen-bond donors (Lipinski definition) is 2. The molecule has 0 unspecified atom stereocenters. The monoisotopic (exact) mass is 468 g/mol. The van der Waals surface area contributed by atoms with E-state index >= 15 is 0 Å². The van der Waals surface area contributed by atoms with Gasteiger partial charge in [0.05, 0.1) is 11.4 Å². The number of carbonyl (C=O) groups is 4. The zero-order chi connectivity index (χ0) is 24.4. The van der Waals surface area contributed by atoms with Gasteiger partial charge in [0.1, 0.15) is 6.54 Å². The van der Waals surface area contributed by atoms with Crippen molar-refractivity contribution in [3.8, 4) is 0 Å². The Morgan fingerprint density at radius 2 is 1.54 bits per heavy atom. The summed E-state index contributed by atoms with van der Waals surface area (Å²) in [6.45, 7) is 0.635. The molecular weight excluding hydrogens is 444 g/mol. The smallest absolute Gasteiger partial charge is 0.258 e. The van der Waals surface area contributed by atoms with Gasteiger partial charge in [-0.2, -0.15) is 0 Å². The molecule has 2 aliphatic rings. The standard InChI is InChI=1S/C27H24N4O4/c32-24-17-31(23-6-2-1-5-22(23)29-24)27(35)19-8-12-20(13-9-19)28-26(34)18-10-14-21(15-11-18)30-16-4-3-7-25(30)33/h1-2,5-6,8-15H,3-4,7,16-17H2,(H,28,34)(H,29,32). The number of nitrogens with zero attached hydrogens (tertiary/aromatic N) is 2. The zero-order valence-electron chi connectivity index (χ0n) is 19.0. The Labute approximate surface area is 202 Å². The van der Waals surface area contributed by atoms with Crippen LogP contribution in [-0.2, 0) is 9.59 Å². The average Bonchev–Trinajstić information content (AvgIpc) is 2.88. The van der Waals surface area contributed by atoms with Crippen molar-refractivity contribution in [2.75, 3.05) is 33.5 Å². The summed E-state index contributed by atoms with van der Waals surface area (Å²) in [6, 6.07) is 20.7. The highest BCUT2D eigenvalue weighted by molar-refractivity contribution is 6.15. The molecule has 8 nitrogen and oxygen atoms in total. The minimum Gasteiger partial charge on any atom is -0.323 e. The molecule has 0 aliphatic carbocycles. The number of piperidine rings is 1. The Bertz CT molecular complexity index is 1300. The van der Waals surface area contributed by atoms with Crippen LogP contribution in [0.25, 0.3) is 0 Å². The molecule has 1 saturated heterocycles. The van der Waals surface area contributed by atoms with Crippen molar-refractivity contribution in [1.29, 1.82) is 0 Å². The van der Waals surface area contributed by atoms with E-state index in [-0.39, 0.29) is 30.2 Å². The van der Waals surface area contributed by atoms with E-state index in [1.54, 1.807) is 71.6 Å². The van der Waals surface area contributed by atoms with E-state index < -0.39 is 0 Å². The summed E-state index contributed by atoms with van der Waals surface area (Å²) in [5.74, 6) is -0.733. The highest BCUT2D eigenvalue weighted by Gasteiger charge is 2.27. The average molecular weight is 469 g/mol. The largest absolute Gasteiger partial charge is 0.323 e. The number of para-hydroxylation sites is 2. The Morgan fingerprint density at radius 1 is 0.829 bits per heavy atom. The van der Waals surface area contributed by atoms with Crippen LogP contribution < -0.4 is 20.4 Å². The topological polar surface area (TPSA) is 98.8 Å². The van der Waals surface area contributed by atoms with Crippen molar-refractivity contribution in [1.82, 2.24) is 0 Å². The molecule has 176 valence electrons. The minimum atomic E-state index is -0.298. The number of nitrogens with one attached hydrogen (secondary N) is 2. The number of carbonyl (C=O) groups excluding carboxylic acids is 4. The SMILES string of the molecule is O=C1CN(C(=O)c2ccc(NC(=O)c3ccc(N4CCCCC4=O)cc3)cc2)c2ccccc2N1. The van der Waals surface area contributed by atoms with E-state index in [2.05, 4.69) is 10.6 Å². The Kier molecular flexibility index (Phi) is 6.01. The van der Waals surface area contributed by atoms with Gasteiger partial charge in [-0.25, -0.2) is 0 Å². The van der Waals surface area contributed by atoms with Crippen LogP contribution >= 0.6 is 0 Å². The van der Waals surface area contributed by atoms with E-state index in [1.165, 1.54) is 4.90 Å². The second-order valence-electron chi connectivity index (χ2n) is 8.54. The van der Waals surface area contributed by atoms with Crippen molar-refractivity contribution in [2.24, 2.45) is 0 Å².